The molecule has 0 aliphatic heterocycles. The molecule has 2 rings (SSSR count). The van der Waals surface area contributed by atoms with Crippen molar-refractivity contribution in [3.8, 4) is 16.9 Å². The number of benzene rings is 2. The first-order valence-corrected chi connectivity index (χ1v) is 5.99. The van der Waals surface area contributed by atoms with E-state index in [0.717, 1.165) is 12.1 Å². The van der Waals surface area contributed by atoms with Crippen LogP contribution in [0.15, 0.2) is 36.4 Å². The zero-order valence-corrected chi connectivity index (χ0v) is 10.8. The first kappa shape index (κ1) is 13.3. The molecule has 100 valence electrons. The van der Waals surface area contributed by atoms with Crippen LogP contribution in [0.4, 0.5) is 14.5 Å². The Morgan fingerprint density at radius 2 is 1.79 bits per heavy atom. The lowest BCUT2D eigenvalue weighted by atomic mass is 10.0. The highest BCUT2D eigenvalue weighted by Crippen LogP contribution is 2.29. The molecule has 2 nitrogen and oxygen atoms in total. The van der Waals surface area contributed by atoms with Crippen LogP contribution in [-0.4, -0.2) is 6.10 Å². The van der Waals surface area contributed by atoms with Crippen LogP contribution in [0, 0.1) is 11.6 Å². The number of halogens is 2. The summed E-state index contributed by atoms with van der Waals surface area (Å²) < 4.78 is 32.8. The lowest BCUT2D eigenvalue weighted by molar-refractivity contribution is 0.242. The quantitative estimate of drug-likeness (QED) is 0.849. The Hall–Kier alpha value is -2.10. The van der Waals surface area contributed by atoms with Gasteiger partial charge in [0.25, 0.3) is 0 Å². The Kier molecular flexibility index (Phi) is 3.69. The van der Waals surface area contributed by atoms with Crippen LogP contribution in [0.1, 0.15) is 13.8 Å². The van der Waals surface area contributed by atoms with E-state index in [1.807, 2.05) is 13.8 Å². The number of hydrogen-bond donors (Lipinski definition) is 1. The minimum atomic E-state index is -0.633. The molecule has 0 saturated carbocycles. The van der Waals surface area contributed by atoms with Crippen molar-refractivity contribution in [2.75, 3.05) is 5.73 Å². The summed E-state index contributed by atoms with van der Waals surface area (Å²) in [7, 11) is 0. The molecule has 0 fully saturated rings. The van der Waals surface area contributed by atoms with Gasteiger partial charge in [0.2, 0.25) is 0 Å². The molecular weight excluding hydrogens is 248 g/mol. The van der Waals surface area contributed by atoms with Crippen molar-refractivity contribution in [3.63, 3.8) is 0 Å². The molecule has 0 saturated heterocycles. The SMILES string of the molecule is CC(C)Oc1cccc(-c2cc(F)c(N)cc2F)c1. The van der Waals surface area contributed by atoms with Gasteiger partial charge in [0.05, 0.1) is 11.8 Å². The molecule has 0 aromatic heterocycles. The maximum Gasteiger partial charge on any atom is 0.146 e. The number of ether oxygens (including phenoxy) is 1. The van der Waals surface area contributed by atoms with Gasteiger partial charge in [-0.25, -0.2) is 8.78 Å². The van der Waals surface area contributed by atoms with Crippen molar-refractivity contribution < 1.29 is 13.5 Å². The van der Waals surface area contributed by atoms with Crippen LogP contribution in [0.2, 0.25) is 0 Å². The summed E-state index contributed by atoms with van der Waals surface area (Å²) in [5, 5.41) is 0. The predicted molar refractivity (Wildman–Crippen MR) is 72.0 cm³/mol. The Balaban J connectivity index is 2.44. The normalized spacial score (nSPS) is 10.8. The van der Waals surface area contributed by atoms with E-state index in [0.29, 0.717) is 11.3 Å². The fourth-order valence-electron chi connectivity index (χ4n) is 1.79. The van der Waals surface area contributed by atoms with Crippen LogP contribution in [-0.2, 0) is 0 Å². The van der Waals surface area contributed by atoms with Crippen molar-refractivity contribution >= 4 is 5.69 Å². The smallest absolute Gasteiger partial charge is 0.146 e. The van der Waals surface area contributed by atoms with Crippen molar-refractivity contribution in [1.82, 2.24) is 0 Å². The van der Waals surface area contributed by atoms with Gasteiger partial charge in [-0.1, -0.05) is 12.1 Å². The summed E-state index contributed by atoms with van der Waals surface area (Å²) in [5.74, 6) is -0.573. The summed E-state index contributed by atoms with van der Waals surface area (Å²) in [4.78, 5) is 0. The Labute approximate surface area is 110 Å². The van der Waals surface area contributed by atoms with Crippen LogP contribution in [0.3, 0.4) is 0 Å². The van der Waals surface area contributed by atoms with Crippen molar-refractivity contribution in [2.45, 2.75) is 20.0 Å². The van der Waals surface area contributed by atoms with E-state index in [2.05, 4.69) is 0 Å². The lowest BCUT2D eigenvalue weighted by Gasteiger charge is -2.11. The Morgan fingerprint density at radius 3 is 2.47 bits per heavy atom. The van der Waals surface area contributed by atoms with E-state index in [1.54, 1.807) is 24.3 Å². The van der Waals surface area contributed by atoms with E-state index in [1.165, 1.54) is 0 Å². The molecule has 0 atom stereocenters. The second-order valence-electron chi connectivity index (χ2n) is 4.55. The van der Waals surface area contributed by atoms with Crippen molar-refractivity contribution in [1.29, 1.82) is 0 Å². The van der Waals surface area contributed by atoms with E-state index < -0.39 is 11.6 Å². The third kappa shape index (κ3) is 3.02. The Bertz CT molecular complexity index is 597. The highest BCUT2D eigenvalue weighted by molar-refractivity contribution is 5.68. The molecule has 0 spiro atoms. The maximum atomic E-state index is 13.8. The molecule has 2 N–H and O–H groups in total. The number of nitrogen functional groups attached to an aromatic ring is 1. The van der Waals surface area contributed by atoms with Gasteiger partial charge < -0.3 is 10.5 Å². The standard InChI is InChI=1S/C15H15F2NO/c1-9(2)19-11-5-3-4-10(6-11)12-7-14(17)15(18)8-13(12)16/h3-9H,18H2,1-2H3. The molecule has 0 unspecified atom stereocenters. The largest absolute Gasteiger partial charge is 0.491 e. The molecule has 0 aliphatic rings. The summed E-state index contributed by atoms with van der Waals surface area (Å²) in [6.07, 6.45) is 0.0169. The molecule has 0 aliphatic carbocycles. The van der Waals surface area contributed by atoms with E-state index >= 15 is 0 Å². The van der Waals surface area contributed by atoms with Gasteiger partial charge in [0.15, 0.2) is 0 Å². The van der Waals surface area contributed by atoms with Crippen LogP contribution < -0.4 is 10.5 Å². The van der Waals surface area contributed by atoms with Crippen LogP contribution in [0.25, 0.3) is 11.1 Å². The number of rotatable bonds is 3. The fraction of sp³-hybridized carbons (Fsp3) is 0.200. The van der Waals surface area contributed by atoms with E-state index in [-0.39, 0.29) is 17.4 Å². The zero-order valence-electron chi connectivity index (χ0n) is 10.8. The van der Waals surface area contributed by atoms with Gasteiger partial charge in [0.1, 0.15) is 17.4 Å². The Morgan fingerprint density at radius 1 is 1.05 bits per heavy atom. The molecule has 19 heavy (non-hydrogen) atoms. The van der Waals surface area contributed by atoms with Gasteiger partial charge in [-0.2, -0.15) is 0 Å². The predicted octanol–water partition coefficient (Wildman–Crippen LogP) is 4.00. The van der Waals surface area contributed by atoms with E-state index in [9.17, 15) is 8.78 Å². The first-order chi connectivity index (χ1) is 8.97. The van der Waals surface area contributed by atoms with Gasteiger partial charge in [-0.3, -0.25) is 0 Å². The molecule has 2 aromatic rings. The van der Waals surface area contributed by atoms with Crippen LogP contribution in [0.5, 0.6) is 5.75 Å². The lowest BCUT2D eigenvalue weighted by Crippen LogP contribution is -2.05. The third-order valence-corrected chi connectivity index (χ3v) is 2.60. The molecule has 4 heteroatoms. The summed E-state index contributed by atoms with van der Waals surface area (Å²) >= 11 is 0. The summed E-state index contributed by atoms with van der Waals surface area (Å²) in [6.45, 7) is 3.80. The van der Waals surface area contributed by atoms with Gasteiger partial charge >= 0.3 is 0 Å². The second kappa shape index (κ2) is 5.26. The average Bonchev–Trinajstić information content (AvgIpc) is 2.33. The molecule has 0 bridgehead atoms. The number of nitrogens with two attached hydrogens (primary N) is 1. The van der Waals surface area contributed by atoms with Crippen molar-refractivity contribution in [2.24, 2.45) is 0 Å². The third-order valence-electron chi connectivity index (χ3n) is 2.60. The van der Waals surface area contributed by atoms with Gasteiger partial charge in [-0.05, 0) is 37.6 Å². The topological polar surface area (TPSA) is 35.2 Å². The summed E-state index contributed by atoms with van der Waals surface area (Å²) in [5.41, 5.74) is 5.84. The maximum absolute atomic E-state index is 13.8. The average molecular weight is 263 g/mol. The number of hydrogen-bond acceptors (Lipinski definition) is 2. The molecule has 0 amide bonds. The molecule has 0 radical (unpaired) electrons. The number of anilines is 1. The highest BCUT2D eigenvalue weighted by Gasteiger charge is 2.10. The van der Waals surface area contributed by atoms with E-state index in [4.69, 9.17) is 10.5 Å². The highest BCUT2D eigenvalue weighted by atomic mass is 19.1. The molecular formula is C15H15F2NO. The fourth-order valence-corrected chi connectivity index (χ4v) is 1.79. The molecule has 2 aromatic carbocycles. The van der Waals surface area contributed by atoms with Gasteiger partial charge in [-0.15, -0.1) is 0 Å². The first-order valence-electron chi connectivity index (χ1n) is 5.99. The van der Waals surface area contributed by atoms with Gasteiger partial charge in [0, 0.05) is 11.6 Å². The minimum Gasteiger partial charge on any atom is -0.491 e. The monoisotopic (exact) mass is 263 g/mol. The summed E-state index contributed by atoms with van der Waals surface area (Å²) in [6, 6.07) is 8.96. The second-order valence-corrected chi connectivity index (χ2v) is 4.55. The minimum absolute atomic E-state index is 0.0169. The van der Waals surface area contributed by atoms with Crippen LogP contribution >= 0.6 is 0 Å². The molecule has 0 heterocycles. The van der Waals surface area contributed by atoms with Crippen molar-refractivity contribution in [3.05, 3.63) is 48.0 Å². The zero-order chi connectivity index (χ0) is 14.0.